The Labute approximate surface area is 217 Å². The van der Waals surface area contributed by atoms with E-state index in [0.717, 1.165) is 63.4 Å². The van der Waals surface area contributed by atoms with E-state index in [1.54, 1.807) is 18.3 Å². The van der Waals surface area contributed by atoms with Crippen LogP contribution in [0.3, 0.4) is 0 Å². The second kappa shape index (κ2) is 11.9. The highest BCUT2D eigenvalue weighted by molar-refractivity contribution is 6.33. The van der Waals surface area contributed by atoms with Crippen LogP contribution in [-0.4, -0.2) is 70.5 Å². The number of benzene rings is 1. The fourth-order valence-electron chi connectivity index (χ4n) is 5.36. The van der Waals surface area contributed by atoms with Gasteiger partial charge in [-0.05, 0) is 57.0 Å². The zero-order valence-corrected chi connectivity index (χ0v) is 21.9. The van der Waals surface area contributed by atoms with Crippen LogP contribution in [0.25, 0.3) is 0 Å². The smallest absolute Gasteiger partial charge is 0.147 e. The molecule has 0 unspecified atom stereocenters. The van der Waals surface area contributed by atoms with E-state index in [1.807, 2.05) is 13.0 Å². The van der Waals surface area contributed by atoms with Gasteiger partial charge in [0, 0.05) is 60.6 Å². The van der Waals surface area contributed by atoms with Crippen molar-refractivity contribution in [2.24, 2.45) is 5.16 Å². The summed E-state index contributed by atoms with van der Waals surface area (Å²) in [5.74, 6) is 0.568. The number of oxime groups is 1. The van der Waals surface area contributed by atoms with Crippen molar-refractivity contribution in [3.63, 3.8) is 0 Å². The number of aromatic nitrogens is 1. The van der Waals surface area contributed by atoms with Gasteiger partial charge in [-0.25, -0.2) is 9.37 Å². The van der Waals surface area contributed by atoms with Gasteiger partial charge in [0.1, 0.15) is 11.6 Å². The molecule has 2 aromatic rings. The lowest BCUT2D eigenvalue weighted by Crippen LogP contribution is -2.58. The van der Waals surface area contributed by atoms with Crippen LogP contribution in [0.2, 0.25) is 10.0 Å². The van der Waals surface area contributed by atoms with E-state index in [9.17, 15) is 9.60 Å². The lowest BCUT2D eigenvalue weighted by atomic mass is 9.97. The first-order chi connectivity index (χ1) is 16.9. The molecule has 0 radical (unpaired) electrons. The van der Waals surface area contributed by atoms with Crippen LogP contribution >= 0.6 is 23.2 Å². The van der Waals surface area contributed by atoms with Crippen molar-refractivity contribution in [3.8, 4) is 0 Å². The van der Waals surface area contributed by atoms with Gasteiger partial charge in [0.15, 0.2) is 0 Å². The van der Waals surface area contributed by atoms with Gasteiger partial charge in [0.25, 0.3) is 0 Å². The number of nitrogens with zero attached hydrogens (tertiary/aromatic N) is 5. The maximum Gasteiger partial charge on any atom is 0.147 e. The highest BCUT2D eigenvalue weighted by atomic mass is 35.5. The largest absolute Gasteiger partial charge is 0.411 e. The third-order valence-electron chi connectivity index (χ3n) is 7.34. The molecule has 190 valence electrons. The summed E-state index contributed by atoms with van der Waals surface area (Å²) in [7, 11) is 0. The van der Waals surface area contributed by atoms with Gasteiger partial charge in [-0.1, -0.05) is 48.3 Å². The van der Waals surface area contributed by atoms with E-state index < -0.39 is 0 Å². The molecule has 9 heteroatoms. The number of piperazine rings is 1. The molecule has 35 heavy (non-hydrogen) atoms. The van der Waals surface area contributed by atoms with Crippen molar-refractivity contribution in [1.29, 1.82) is 0 Å². The summed E-state index contributed by atoms with van der Waals surface area (Å²) in [5, 5.41) is 13.6. The molecule has 0 amide bonds. The predicted octanol–water partition coefficient (Wildman–Crippen LogP) is 5.68. The van der Waals surface area contributed by atoms with Gasteiger partial charge in [-0.3, -0.25) is 9.80 Å². The Morgan fingerprint density at radius 3 is 2.54 bits per heavy atom. The van der Waals surface area contributed by atoms with Crippen LogP contribution in [0, 0.1) is 5.82 Å². The molecule has 0 bridgehead atoms. The second-order valence-electron chi connectivity index (χ2n) is 9.42. The van der Waals surface area contributed by atoms with E-state index in [0.29, 0.717) is 46.4 Å². The van der Waals surface area contributed by atoms with E-state index in [2.05, 4.69) is 31.8 Å². The lowest BCUT2D eigenvalue weighted by molar-refractivity contribution is 0.0607. The SMILES string of the molecule is CC/C(=N/O)c1cnc(N2CCN(C3CCN(Cc4ccc(Cl)cc4F)CC3)[C@@H](CC)C2)c(Cl)c1. The Kier molecular flexibility index (Phi) is 8.87. The maximum absolute atomic E-state index is 14.2. The van der Waals surface area contributed by atoms with Gasteiger partial charge in [0.05, 0.1) is 10.7 Å². The summed E-state index contributed by atoms with van der Waals surface area (Å²) in [5.41, 5.74) is 2.03. The minimum Gasteiger partial charge on any atom is -0.411 e. The van der Waals surface area contributed by atoms with E-state index >= 15 is 0 Å². The van der Waals surface area contributed by atoms with Crippen LogP contribution in [0.4, 0.5) is 10.2 Å². The molecule has 2 aliphatic rings. The maximum atomic E-state index is 14.2. The van der Waals surface area contributed by atoms with Gasteiger partial charge >= 0.3 is 0 Å². The third-order valence-corrected chi connectivity index (χ3v) is 7.86. The zero-order chi connectivity index (χ0) is 24.9. The molecule has 3 heterocycles. The highest BCUT2D eigenvalue weighted by Crippen LogP contribution is 2.30. The van der Waals surface area contributed by atoms with Gasteiger partial charge in [0.2, 0.25) is 0 Å². The monoisotopic (exact) mass is 521 g/mol. The summed E-state index contributed by atoms with van der Waals surface area (Å²) >= 11 is 12.5. The summed E-state index contributed by atoms with van der Waals surface area (Å²) in [6, 6.07) is 7.75. The molecule has 2 fully saturated rings. The normalized spacial score (nSPS) is 21.0. The molecule has 0 saturated carbocycles. The van der Waals surface area contributed by atoms with E-state index in [-0.39, 0.29) is 5.82 Å². The molecule has 1 N–H and O–H groups in total. The fraction of sp³-hybridized carbons (Fsp3) is 0.538. The van der Waals surface area contributed by atoms with Crippen molar-refractivity contribution >= 4 is 34.7 Å². The molecule has 0 aliphatic carbocycles. The molecule has 0 spiro atoms. The second-order valence-corrected chi connectivity index (χ2v) is 10.3. The minimum atomic E-state index is -0.225. The summed E-state index contributed by atoms with van der Waals surface area (Å²) in [4.78, 5) is 11.9. The summed E-state index contributed by atoms with van der Waals surface area (Å²) in [6.07, 6.45) is 5.57. The average molecular weight is 522 g/mol. The quantitative estimate of drug-likeness (QED) is 0.288. The third kappa shape index (κ3) is 6.08. The van der Waals surface area contributed by atoms with Gasteiger partial charge in [-0.15, -0.1) is 0 Å². The number of rotatable bonds is 7. The number of anilines is 1. The zero-order valence-electron chi connectivity index (χ0n) is 20.4. The van der Waals surface area contributed by atoms with Crippen molar-refractivity contribution in [2.45, 2.75) is 58.2 Å². The molecular formula is C26H34Cl2FN5O. The fourth-order valence-corrected chi connectivity index (χ4v) is 5.80. The highest BCUT2D eigenvalue weighted by Gasteiger charge is 2.34. The first-order valence-electron chi connectivity index (χ1n) is 12.5. The lowest BCUT2D eigenvalue weighted by Gasteiger charge is -2.47. The number of likely N-dealkylation sites (tertiary alicyclic amines) is 1. The first kappa shape index (κ1) is 26.1. The Bertz CT molecular complexity index is 1040. The Balaban J connectivity index is 1.35. The van der Waals surface area contributed by atoms with Crippen LogP contribution in [-0.2, 0) is 6.54 Å². The summed E-state index contributed by atoms with van der Waals surface area (Å²) in [6.45, 7) is 9.44. The topological polar surface area (TPSA) is 55.2 Å². The summed E-state index contributed by atoms with van der Waals surface area (Å²) < 4.78 is 14.2. The molecule has 6 nitrogen and oxygen atoms in total. The first-order valence-corrected chi connectivity index (χ1v) is 13.2. The predicted molar refractivity (Wildman–Crippen MR) is 141 cm³/mol. The number of halogens is 3. The van der Waals surface area contributed by atoms with Crippen LogP contribution < -0.4 is 4.90 Å². The minimum absolute atomic E-state index is 0.225. The Morgan fingerprint density at radius 2 is 1.91 bits per heavy atom. The molecule has 2 saturated heterocycles. The van der Waals surface area contributed by atoms with Crippen LogP contribution in [0.1, 0.15) is 50.7 Å². The molecular weight excluding hydrogens is 488 g/mol. The molecule has 4 rings (SSSR count). The standard InChI is InChI=1S/C26H34Cl2FN5O/c1-3-21-17-33(26-23(28)13-19(15-30-26)25(4-2)31-35)11-12-34(21)22-7-9-32(10-8-22)16-18-5-6-20(27)14-24(18)29/h5-6,13-15,21-22,35H,3-4,7-12,16-17H2,1-2H3/b31-25-/t21-/m0/s1. The number of hydrogen-bond donors (Lipinski definition) is 1. The van der Waals surface area contributed by atoms with Gasteiger partial charge in [-0.2, -0.15) is 0 Å². The van der Waals surface area contributed by atoms with Crippen LogP contribution in [0.15, 0.2) is 35.6 Å². The van der Waals surface area contributed by atoms with Gasteiger partial charge < -0.3 is 10.1 Å². The van der Waals surface area contributed by atoms with Crippen molar-refractivity contribution < 1.29 is 9.60 Å². The number of hydrogen-bond acceptors (Lipinski definition) is 6. The van der Waals surface area contributed by atoms with Crippen molar-refractivity contribution in [3.05, 3.63) is 57.5 Å². The Hall–Kier alpha value is -1.93. The van der Waals surface area contributed by atoms with E-state index in [4.69, 9.17) is 23.2 Å². The Morgan fingerprint density at radius 1 is 1.14 bits per heavy atom. The van der Waals surface area contributed by atoms with Crippen molar-refractivity contribution in [2.75, 3.05) is 37.6 Å². The number of pyridine rings is 1. The molecule has 2 aliphatic heterocycles. The number of piperidine rings is 1. The molecule has 1 atom stereocenters. The average Bonchev–Trinajstić information content (AvgIpc) is 2.87. The molecule has 1 aromatic heterocycles. The molecule has 1 aromatic carbocycles. The van der Waals surface area contributed by atoms with Crippen LogP contribution in [0.5, 0.6) is 0 Å². The van der Waals surface area contributed by atoms with E-state index in [1.165, 1.54) is 6.07 Å². The van der Waals surface area contributed by atoms with Crippen molar-refractivity contribution in [1.82, 2.24) is 14.8 Å².